The van der Waals surface area contributed by atoms with Gasteiger partial charge in [-0.3, -0.25) is 9.26 Å². The molecule has 112 valence electrons. The quantitative estimate of drug-likeness (QED) is 0.365. The van der Waals surface area contributed by atoms with Gasteiger partial charge in [-0.25, -0.2) is 0 Å². The predicted molar refractivity (Wildman–Crippen MR) is 65.0 cm³/mol. The lowest BCUT2D eigenvalue weighted by molar-refractivity contribution is -0.698. The number of quaternary nitrogens is 1. The first-order chi connectivity index (χ1) is 8.88. The number of hydrogen-bond acceptors (Lipinski definition) is 4. The highest BCUT2D eigenvalue weighted by molar-refractivity contribution is 7.93. The maximum absolute atomic E-state index is 11.9. The average molecular weight is 301 g/mol. The Hall–Kier alpha value is -0.470. The van der Waals surface area contributed by atoms with Gasteiger partial charge in [-0.15, -0.1) is 0 Å². The van der Waals surface area contributed by atoms with Crippen molar-refractivity contribution in [1.29, 1.82) is 0 Å². The van der Waals surface area contributed by atoms with E-state index < -0.39 is 28.5 Å². The molecule has 0 spiro atoms. The van der Waals surface area contributed by atoms with E-state index >= 15 is 0 Å². The molecule has 1 unspecified atom stereocenters. The molecule has 1 aliphatic rings. The molecule has 1 aliphatic carbocycles. The van der Waals surface area contributed by atoms with E-state index in [0.29, 0.717) is 0 Å². The number of carbonyl (C=O) groups excluding carboxylic acids is 1. The van der Waals surface area contributed by atoms with E-state index in [-0.39, 0.29) is 18.5 Å². The van der Waals surface area contributed by atoms with Crippen LogP contribution in [0.1, 0.15) is 38.5 Å². The molecule has 0 radical (unpaired) electrons. The minimum atomic E-state index is -4.57. The van der Waals surface area contributed by atoms with Crippen molar-refractivity contribution in [3.8, 4) is 0 Å². The minimum Gasteiger partial charge on any atom is -0.621 e. The van der Waals surface area contributed by atoms with Crippen molar-refractivity contribution in [2.45, 2.75) is 44.0 Å². The van der Waals surface area contributed by atoms with Crippen LogP contribution in [0.3, 0.4) is 0 Å². The summed E-state index contributed by atoms with van der Waals surface area (Å²) in [6.07, 6.45) is 5.69. The maximum Gasteiger partial charge on any atom is 0.496 e. The normalized spacial score (nSPS) is 19.8. The molecule has 4 nitrogen and oxygen atoms in total. The molecule has 1 fully saturated rings. The molecule has 1 atom stereocenters. The Kier molecular flexibility index (Phi) is 6.95. The molecule has 1 rings (SSSR count). The van der Waals surface area contributed by atoms with Crippen molar-refractivity contribution in [3.63, 3.8) is 0 Å². The van der Waals surface area contributed by atoms with E-state index in [2.05, 4.69) is 0 Å². The van der Waals surface area contributed by atoms with Crippen LogP contribution in [-0.2, 0) is 9.53 Å². The smallest absolute Gasteiger partial charge is 0.496 e. The SMILES string of the molecule is O=C(OCC[NH+]([O-])SC(F)(F)F)C1CCCCCC1. The summed E-state index contributed by atoms with van der Waals surface area (Å²) in [5, 5.41) is 10.9. The number of alkyl halides is 3. The second-order valence-corrected chi connectivity index (χ2v) is 5.65. The number of hydrogen-bond donors (Lipinski definition) is 1. The highest BCUT2D eigenvalue weighted by Gasteiger charge is 2.35. The van der Waals surface area contributed by atoms with Crippen LogP contribution in [0.5, 0.6) is 0 Å². The fourth-order valence-electron chi connectivity index (χ4n) is 2.05. The lowest BCUT2D eigenvalue weighted by atomic mass is 10.0. The Morgan fingerprint density at radius 2 is 1.84 bits per heavy atom. The first-order valence-electron chi connectivity index (χ1n) is 6.33. The average Bonchev–Trinajstić information content (AvgIpc) is 2.54. The third kappa shape index (κ3) is 7.64. The second kappa shape index (κ2) is 7.96. The zero-order chi connectivity index (χ0) is 14.3. The van der Waals surface area contributed by atoms with Crippen LogP contribution >= 0.6 is 11.9 Å². The van der Waals surface area contributed by atoms with E-state index in [1.54, 1.807) is 0 Å². The van der Waals surface area contributed by atoms with Crippen molar-refractivity contribution in [2.75, 3.05) is 13.2 Å². The van der Waals surface area contributed by atoms with Crippen LogP contribution in [0.2, 0.25) is 0 Å². The van der Waals surface area contributed by atoms with Crippen molar-refractivity contribution >= 4 is 17.9 Å². The Balaban J connectivity index is 2.19. The molecular formula is C11H18F3NO3S. The summed E-state index contributed by atoms with van der Waals surface area (Å²) in [5.74, 6) is -0.542. The van der Waals surface area contributed by atoms with Crippen LogP contribution in [0.4, 0.5) is 13.2 Å². The fraction of sp³-hybridized carbons (Fsp3) is 0.909. The van der Waals surface area contributed by atoms with Gasteiger partial charge >= 0.3 is 11.5 Å². The van der Waals surface area contributed by atoms with Gasteiger partial charge in [0.2, 0.25) is 0 Å². The summed E-state index contributed by atoms with van der Waals surface area (Å²) in [6.45, 7) is -0.667. The monoisotopic (exact) mass is 301 g/mol. The zero-order valence-electron chi connectivity index (χ0n) is 10.5. The molecule has 1 saturated carbocycles. The molecule has 0 amide bonds. The van der Waals surface area contributed by atoms with Crippen LogP contribution < -0.4 is 4.47 Å². The van der Waals surface area contributed by atoms with E-state index in [1.807, 2.05) is 0 Å². The van der Waals surface area contributed by atoms with Crippen LogP contribution in [0, 0.1) is 11.1 Å². The molecule has 0 aromatic heterocycles. The van der Waals surface area contributed by atoms with Gasteiger partial charge in [-0.05, 0) is 12.8 Å². The summed E-state index contributed by atoms with van der Waals surface area (Å²) in [7, 11) is 0. The number of esters is 1. The number of ether oxygens (including phenoxy) is 1. The van der Waals surface area contributed by atoms with Crippen molar-refractivity contribution in [1.82, 2.24) is 0 Å². The van der Waals surface area contributed by atoms with Gasteiger partial charge in [0.1, 0.15) is 13.2 Å². The zero-order valence-corrected chi connectivity index (χ0v) is 11.3. The Morgan fingerprint density at radius 1 is 1.26 bits per heavy atom. The van der Waals surface area contributed by atoms with Gasteiger partial charge in [-0.1, -0.05) is 25.7 Å². The Morgan fingerprint density at radius 3 is 2.37 bits per heavy atom. The molecule has 0 saturated heterocycles. The number of hydroxylamine groups is 1. The number of halogens is 3. The summed E-state index contributed by atoms with van der Waals surface area (Å²) in [5.41, 5.74) is -4.57. The highest BCUT2D eigenvalue weighted by atomic mass is 32.2. The van der Waals surface area contributed by atoms with Crippen LogP contribution in [0.15, 0.2) is 0 Å². The molecule has 0 heterocycles. The van der Waals surface area contributed by atoms with Gasteiger partial charge in [0, 0.05) is 0 Å². The molecule has 0 aromatic carbocycles. The van der Waals surface area contributed by atoms with E-state index in [0.717, 1.165) is 38.5 Å². The van der Waals surface area contributed by atoms with Gasteiger partial charge < -0.3 is 9.94 Å². The van der Waals surface area contributed by atoms with Gasteiger partial charge in [-0.2, -0.15) is 13.2 Å². The molecule has 0 bridgehead atoms. The standard InChI is InChI=1S/C11H18F3NO3S/c12-11(13,14)19-15(17)7-8-18-10(16)9-5-3-1-2-4-6-9/h9,15H,1-8H2. The van der Waals surface area contributed by atoms with Crippen LogP contribution in [0.25, 0.3) is 0 Å². The molecular weight excluding hydrogens is 283 g/mol. The van der Waals surface area contributed by atoms with E-state index in [1.165, 1.54) is 0 Å². The van der Waals surface area contributed by atoms with E-state index in [9.17, 15) is 23.2 Å². The van der Waals surface area contributed by atoms with Crippen molar-refractivity contribution < 1.29 is 27.2 Å². The highest BCUT2D eigenvalue weighted by Crippen LogP contribution is 2.25. The molecule has 0 aromatic rings. The van der Waals surface area contributed by atoms with Crippen molar-refractivity contribution in [3.05, 3.63) is 5.21 Å². The summed E-state index contributed by atoms with van der Waals surface area (Å²) in [6, 6.07) is 0. The first kappa shape index (κ1) is 16.6. The van der Waals surface area contributed by atoms with Gasteiger partial charge in [0.25, 0.3) is 0 Å². The lowest BCUT2D eigenvalue weighted by Gasteiger charge is -2.20. The lowest BCUT2D eigenvalue weighted by Crippen LogP contribution is -3.01. The molecule has 19 heavy (non-hydrogen) atoms. The fourth-order valence-corrected chi connectivity index (χ4v) is 2.49. The van der Waals surface area contributed by atoms with Crippen LogP contribution in [-0.4, -0.2) is 24.6 Å². The van der Waals surface area contributed by atoms with E-state index in [4.69, 9.17) is 4.74 Å². The topological polar surface area (TPSA) is 53.8 Å². The van der Waals surface area contributed by atoms with Gasteiger partial charge in [0.15, 0.2) is 11.9 Å². The maximum atomic E-state index is 11.9. The third-order valence-corrected chi connectivity index (χ3v) is 3.63. The third-order valence-electron chi connectivity index (χ3n) is 2.97. The minimum absolute atomic E-state index is 0.159. The molecule has 1 N–H and O–H groups in total. The molecule has 0 aliphatic heterocycles. The summed E-state index contributed by atoms with van der Waals surface area (Å²) < 4.78 is 39.4. The number of nitrogens with one attached hydrogen (secondary N) is 1. The second-order valence-electron chi connectivity index (χ2n) is 4.53. The van der Waals surface area contributed by atoms with Gasteiger partial charge in [0.05, 0.1) is 5.92 Å². The largest absolute Gasteiger partial charge is 0.621 e. The Bertz CT molecular complexity index is 281. The summed E-state index contributed by atoms with van der Waals surface area (Å²) >= 11 is -0.683. The first-order valence-corrected chi connectivity index (χ1v) is 7.15. The number of rotatable bonds is 5. The van der Waals surface area contributed by atoms with Crippen molar-refractivity contribution in [2.24, 2.45) is 5.92 Å². The molecule has 8 heteroatoms. The number of carbonyl (C=O) groups is 1. The summed E-state index contributed by atoms with van der Waals surface area (Å²) in [4.78, 5) is 11.7. The Labute approximate surface area is 114 Å². The predicted octanol–water partition coefficient (Wildman–Crippen LogP) is 2.05.